The summed E-state index contributed by atoms with van der Waals surface area (Å²) in [6.45, 7) is 3.61. The van der Waals surface area contributed by atoms with Gasteiger partial charge in [-0.3, -0.25) is 4.79 Å². The summed E-state index contributed by atoms with van der Waals surface area (Å²) in [5.74, 6) is 2.49. The number of amides is 1. The highest BCUT2D eigenvalue weighted by Crippen LogP contribution is 2.07. The fourth-order valence-electron chi connectivity index (χ4n) is 1.01. The third-order valence-electron chi connectivity index (χ3n) is 1.76. The Morgan fingerprint density at radius 3 is 2.93 bits per heavy atom. The first-order valence-electron chi connectivity index (χ1n) is 4.33. The smallest absolute Gasteiger partial charge is 0.225 e. The van der Waals surface area contributed by atoms with E-state index in [0.29, 0.717) is 6.42 Å². The van der Waals surface area contributed by atoms with Gasteiger partial charge < -0.3 is 5.32 Å². The maximum Gasteiger partial charge on any atom is 0.225 e. The normalized spacial score (nSPS) is 10.6. The van der Waals surface area contributed by atoms with Gasteiger partial charge in [-0.2, -0.15) is 11.3 Å². The number of carbonyl (C=O) groups excluding carboxylic acids is 1. The van der Waals surface area contributed by atoms with E-state index in [0.717, 1.165) is 5.56 Å². The van der Waals surface area contributed by atoms with Crippen LogP contribution in [-0.2, 0) is 11.2 Å². The number of nitrogens with one attached hydrogen (secondary N) is 1. The van der Waals surface area contributed by atoms with Crippen LogP contribution < -0.4 is 5.32 Å². The fourth-order valence-corrected chi connectivity index (χ4v) is 1.68. The summed E-state index contributed by atoms with van der Waals surface area (Å²) in [7, 11) is 0. The molecule has 1 rings (SSSR count). The largest absolute Gasteiger partial charge is 0.340 e. The molecule has 3 heteroatoms. The SMILES string of the molecule is C#CC(C)(C)NC(=O)Cc1ccsc1. The van der Waals surface area contributed by atoms with Crippen molar-refractivity contribution in [2.75, 3.05) is 0 Å². The number of thiophene rings is 1. The van der Waals surface area contributed by atoms with E-state index in [1.54, 1.807) is 25.2 Å². The molecule has 0 radical (unpaired) electrons. The maximum absolute atomic E-state index is 11.5. The van der Waals surface area contributed by atoms with Gasteiger partial charge in [0, 0.05) is 0 Å². The molecule has 14 heavy (non-hydrogen) atoms. The summed E-state index contributed by atoms with van der Waals surface area (Å²) < 4.78 is 0. The van der Waals surface area contributed by atoms with Gasteiger partial charge in [0.05, 0.1) is 12.0 Å². The van der Waals surface area contributed by atoms with Crippen molar-refractivity contribution in [3.8, 4) is 12.3 Å². The quantitative estimate of drug-likeness (QED) is 0.753. The van der Waals surface area contributed by atoms with Crippen LogP contribution in [0.3, 0.4) is 0 Å². The molecule has 1 aromatic heterocycles. The van der Waals surface area contributed by atoms with E-state index in [-0.39, 0.29) is 5.91 Å². The molecule has 1 amide bonds. The van der Waals surface area contributed by atoms with Crippen LogP contribution in [0.5, 0.6) is 0 Å². The van der Waals surface area contributed by atoms with E-state index in [1.807, 2.05) is 16.8 Å². The van der Waals surface area contributed by atoms with Crippen molar-refractivity contribution in [3.63, 3.8) is 0 Å². The van der Waals surface area contributed by atoms with Crippen LogP contribution in [-0.4, -0.2) is 11.4 Å². The second kappa shape index (κ2) is 4.30. The predicted octanol–water partition coefficient (Wildman–Crippen LogP) is 1.82. The first-order valence-corrected chi connectivity index (χ1v) is 5.27. The highest BCUT2D eigenvalue weighted by molar-refractivity contribution is 7.07. The molecule has 1 heterocycles. The second-order valence-electron chi connectivity index (χ2n) is 3.63. The minimum Gasteiger partial charge on any atom is -0.340 e. The molecular formula is C11H13NOS. The third kappa shape index (κ3) is 3.23. The van der Waals surface area contributed by atoms with Gasteiger partial charge in [0.25, 0.3) is 0 Å². The van der Waals surface area contributed by atoms with Gasteiger partial charge in [0.1, 0.15) is 0 Å². The second-order valence-corrected chi connectivity index (χ2v) is 4.41. The molecule has 0 bridgehead atoms. The van der Waals surface area contributed by atoms with Gasteiger partial charge in [0.2, 0.25) is 5.91 Å². The molecule has 2 nitrogen and oxygen atoms in total. The number of rotatable bonds is 3. The van der Waals surface area contributed by atoms with Crippen LogP contribution in [0, 0.1) is 12.3 Å². The van der Waals surface area contributed by atoms with Crippen LogP contribution in [0.1, 0.15) is 19.4 Å². The molecule has 0 saturated carbocycles. The summed E-state index contributed by atoms with van der Waals surface area (Å²) in [5.41, 5.74) is 0.466. The van der Waals surface area contributed by atoms with Crippen molar-refractivity contribution in [2.45, 2.75) is 25.8 Å². The number of carbonyl (C=O) groups is 1. The van der Waals surface area contributed by atoms with Crippen molar-refractivity contribution in [1.82, 2.24) is 5.32 Å². The molecule has 0 atom stereocenters. The lowest BCUT2D eigenvalue weighted by Crippen LogP contribution is -2.42. The standard InChI is InChI=1S/C11H13NOS/c1-4-11(2,3)12-10(13)7-9-5-6-14-8-9/h1,5-6,8H,7H2,2-3H3,(H,12,13). The molecule has 0 unspecified atom stereocenters. The molecule has 0 aliphatic heterocycles. The predicted molar refractivity (Wildman–Crippen MR) is 59.1 cm³/mol. The Labute approximate surface area is 88.3 Å². The topological polar surface area (TPSA) is 29.1 Å². The zero-order valence-electron chi connectivity index (χ0n) is 8.33. The van der Waals surface area contributed by atoms with Gasteiger partial charge in [0.15, 0.2) is 0 Å². The molecule has 1 aromatic rings. The third-order valence-corrected chi connectivity index (χ3v) is 2.49. The van der Waals surface area contributed by atoms with Crippen LogP contribution in [0.25, 0.3) is 0 Å². The number of hydrogen-bond donors (Lipinski definition) is 1. The Bertz CT molecular complexity index is 346. The van der Waals surface area contributed by atoms with E-state index in [4.69, 9.17) is 6.42 Å². The van der Waals surface area contributed by atoms with Crippen molar-refractivity contribution in [1.29, 1.82) is 0 Å². The number of hydrogen-bond acceptors (Lipinski definition) is 2. The van der Waals surface area contributed by atoms with Crippen molar-refractivity contribution in [3.05, 3.63) is 22.4 Å². The van der Waals surface area contributed by atoms with Gasteiger partial charge in [-0.25, -0.2) is 0 Å². The maximum atomic E-state index is 11.5. The molecule has 0 spiro atoms. The number of terminal acetylenes is 1. The van der Waals surface area contributed by atoms with Gasteiger partial charge >= 0.3 is 0 Å². The Morgan fingerprint density at radius 1 is 1.71 bits per heavy atom. The minimum absolute atomic E-state index is 0.0358. The molecule has 74 valence electrons. The molecular weight excluding hydrogens is 194 g/mol. The summed E-state index contributed by atoms with van der Waals surface area (Å²) in [5, 5.41) is 6.69. The first-order chi connectivity index (χ1) is 6.53. The molecule has 0 fully saturated rings. The summed E-state index contributed by atoms with van der Waals surface area (Å²) in [6.07, 6.45) is 5.66. The van der Waals surface area contributed by atoms with Crippen LogP contribution >= 0.6 is 11.3 Å². The van der Waals surface area contributed by atoms with Crippen molar-refractivity contribution >= 4 is 17.2 Å². The van der Waals surface area contributed by atoms with Gasteiger partial charge in [-0.05, 0) is 36.2 Å². The zero-order valence-corrected chi connectivity index (χ0v) is 9.15. The van der Waals surface area contributed by atoms with Crippen LogP contribution in [0.2, 0.25) is 0 Å². The van der Waals surface area contributed by atoms with Crippen molar-refractivity contribution < 1.29 is 4.79 Å². The lowest BCUT2D eigenvalue weighted by molar-refractivity contribution is -0.121. The van der Waals surface area contributed by atoms with Gasteiger partial charge in [-0.1, -0.05) is 5.92 Å². The summed E-state index contributed by atoms with van der Waals surface area (Å²) >= 11 is 1.58. The molecule has 0 aliphatic rings. The first kappa shape index (κ1) is 10.8. The Kier molecular flexibility index (Phi) is 3.32. The Balaban J connectivity index is 2.49. The van der Waals surface area contributed by atoms with E-state index in [2.05, 4.69) is 11.2 Å². The lowest BCUT2D eigenvalue weighted by atomic mass is 10.1. The minimum atomic E-state index is -0.562. The Morgan fingerprint density at radius 2 is 2.43 bits per heavy atom. The highest BCUT2D eigenvalue weighted by atomic mass is 32.1. The van der Waals surface area contributed by atoms with Crippen molar-refractivity contribution in [2.24, 2.45) is 0 Å². The van der Waals surface area contributed by atoms with Crippen LogP contribution in [0.15, 0.2) is 16.8 Å². The molecule has 0 aromatic carbocycles. The highest BCUT2D eigenvalue weighted by Gasteiger charge is 2.16. The fraction of sp³-hybridized carbons (Fsp3) is 0.364. The van der Waals surface area contributed by atoms with E-state index >= 15 is 0 Å². The zero-order chi connectivity index (χ0) is 10.6. The average molecular weight is 207 g/mol. The van der Waals surface area contributed by atoms with Crippen LogP contribution in [0.4, 0.5) is 0 Å². The van der Waals surface area contributed by atoms with E-state index in [9.17, 15) is 4.79 Å². The monoisotopic (exact) mass is 207 g/mol. The molecule has 0 saturated heterocycles. The molecule has 0 aliphatic carbocycles. The summed E-state index contributed by atoms with van der Waals surface area (Å²) in [6, 6.07) is 1.94. The summed E-state index contributed by atoms with van der Waals surface area (Å²) in [4.78, 5) is 11.5. The van der Waals surface area contributed by atoms with E-state index < -0.39 is 5.54 Å². The van der Waals surface area contributed by atoms with Gasteiger partial charge in [-0.15, -0.1) is 6.42 Å². The van der Waals surface area contributed by atoms with E-state index in [1.165, 1.54) is 0 Å². The lowest BCUT2D eigenvalue weighted by Gasteiger charge is -2.19. The average Bonchev–Trinajstić information content (AvgIpc) is 2.55. The Hall–Kier alpha value is -1.27. The molecule has 1 N–H and O–H groups in total.